The molecule has 0 bridgehead atoms. The van der Waals surface area contributed by atoms with Gasteiger partial charge >= 0.3 is 0 Å². The molecule has 1 aliphatic carbocycles. The van der Waals surface area contributed by atoms with E-state index in [1.54, 1.807) is 12.1 Å². The predicted octanol–water partition coefficient (Wildman–Crippen LogP) is 2.15. The Labute approximate surface area is 118 Å². The van der Waals surface area contributed by atoms with Crippen LogP contribution < -0.4 is 15.4 Å². The molecule has 2 N–H and O–H groups in total. The molecule has 1 aromatic carbocycles. The zero-order chi connectivity index (χ0) is 14.5. The summed E-state index contributed by atoms with van der Waals surface area (Å²) in [6.45, 7) is 2.57. The van der Waals surface area contributed by atoms with Crippen LogP contribution in [-0.2, 0) is 4.79 Å². The van der Waals surface area contributed by atoms with E-state index in [4.69, 9.17) is 4.74 Å². The molecule has 5 heteroatoms. The van der Waals surface area contributed by atoms with E-state index >= 15 is 0 Å². The molecule has 0 heterocycles. The smallest absolute Gasteiger partial charge is 0.221 e. The Hall–Kier alpha value is -1.62. The van der Waals surface area contributed by atoms with Crippen molar-refractivity contribution < 1.29 is 13.9 Å². The highest BCUT2D eigenvalue weighted by atomic mass is 19.1. The van der Waals surface area contributed by atoms with Gasteiger partial charge in [-0.15, -0.1) is 0 Å². The number of methoxy groups -OCH3 is 1. The summed E-state index contributed by atoms with van der Waals surface area (Å²) in [4.78, 5) is 11.5. The van der Waals surface area contributed by atoms with Crippen LogP contribution in [0.2, 0.25) is 0 Å². The summed E-state index contributed by atoms with van der Waals surface area (Å²) >= 11 is 0. The predicted molar refractivity (Wildman–Crippen MR) is 75.2 cm³/mol. The second kappa shape index (κ2) is 6.70. The Morgan fingerprint density at radius 3 is 2.90 bits per heavy atom. The van der Waals surface area contributed by atoms with Gasteiger partial charge < -0.3 is 15.4 Å². The van der Waals surface area contributed by atoms with Gasteiger partial charge in [0.25, 0.3) is 0 Å². The maximum Gasteiger partial charge on any atom is 0.221 e. The van der Waals surface area contributed by atoms with Crippen LogP contribution in [0.3, 0.4) is 0 Å². The average Bonchev–Trinajstić information content (AvgIpc) is 3.23. The maximum absolute atomic E-state index is 13.3. The zero-order valence-corrected chi connectivity index (χ0v) is 11.9. The van der Waals surface area contributed by atoms with Crippen molar-refractivity contribution in [1.82, 2.24) is 10.6 Å². The molecule has 0 spiro atoms. The second-order valence-electron chi connectivity index (χ2n) is 5.16. The number of carbonyl (C=O) groups is 1. The lowest BCUT2D eigenvalue weighted by Crippen LogP contribution is -2.30. The fraction of sp³-hybridized carbons (Fsp3) is 0.533. The van der Waals surface area contributed by atoms with Gasteiger partial charge in [-0.05, 0) is 37.5 Å². The first-order valence-electron chi connectivity index (χ1n) is 6.96. The van der Waals surface area contributed by atoms with E-state index < -0.39 is 0 Å². The molecule has 1 unspecified atom stereocenters. The van der Waals surface area contributed by atoms with E-state index in [9.17, 15) is 9.18 Å². The number of hydrogen-bond donors (Lipinski definition) is 2. The Morgan fingerprint density at radius 2 is 2.25 bits per heavy atom. The number of hydrogen-bond acceptors (Lipinski definition) is 3. The summed E-state index contributed by atoms with van der Waals surface area (Å²) in [5.74, 6) is -0.0428. The summed E-state index contributed by atoms with van der Waals surface area (Å²) < 4.78 is 18.3. The number of nitrogens with one attached hydrogen (secondary N) is 2. The first kappa shape index (κ1) is 14.8. The Morgan fingerprint density at radius 1 is 1.50 bits per heavy atom. The van der Waals surface area contributed by atoms with Crippen molar-refractivity contribution >= 4 is 5.91 Å². The summed E-state index contributed by atoms with van der Waals surface area (Å²) in [6.07, 6.45) is 2.66. The van der Waals surface area contributed by atoms with Crippen LogP contribution in [0.5, 0.6) is 5.75 Å². The molecular weight excluding hydrogens is 259 g/mol. The van der Waals surface area contributed by atoms with Gasteiger partial charge in [-0.3, -0.25) is 4.79 Å². The fourth-order valence-electron chi connectivity index (χ4n) is 1.99. The number of amides is 1. The molecule has 0 aromatic heterocycles. The monoisotopic (exact) mass is 280 g/mol. The van der Waals surface area contributed by atoms with Gasteiger partial charge in [0.05, 0.1) is 7.11 Å². The molecule has 20 heavy (non-hydrogen) atoms. The lowest BCUT2D eigenvalue weighted by atomic mass is 10.1. The van der Waals surface area contributed by atoms with E-state index in [1.165, 1.54) is 13.2 Å². The SMILES string of the molecule is COc1cc(C(C)NCCC(=O)NC2CC2)ccc1F. The Bertz CT molecular complexity index is 475. The second-order valence-corrected chi connectivity index (χ2v) is 5.16. The minimum Gasteiger partial charge on any atom is -0.494 e. The maximum atomic E-state index is 13.3. The van der Waals surface area contributed by atoms with Crippen LogP contribution in [0.4, 0.5) is 4.39 Å². The first-order valence-corrected chi connectivity index (χ1v) is 6.96. The van der Waals surface area contributed by atoms with Crippen LogP contribution in [-0.4, -0.2) is 25.6 Å². The van der Waals surface area contributed by atoms with Gasteiger partial charge in [-0.25, -0.2) is 4.39 Å². The highest BCUT2D eigenvalue weighted by Crippen LogP contribution is 2.22. The Kier molecular flexibility index (Phi) is 4.95. The van der Waals surface area contributed by atoms with Crippen molar-refractivity contribution in [3.05, 3.63) is 29.6 Å². The summed E-state index contributed by atoms with van der Waals surface area (Å²) in [5.41, 5.74) is 0.936. The van der Waals surface area contributed by atoms with Gasteiger partial charge in [-0.1, -0.05) is 6.07 Å². The van der Waals surface area contributed by atoms with Gasteiger partial charge in [0.1, 0.15) is 0 Å². The molecular formula is C15H21FN2O2. The largest absolute Gasteiger partial charge is 0.494 e. The number of halogens is 1. The molecule has 0 saturated heterocycles. The van der Waals surface area contributed by atoms with Crippen LogP contribution in [0.1, 0.15) is 37.8 Å². The first-order chi connectivity index (χ1) is 9.60. The number of rotatable bonds is 7. The van der Waals surface area contributed by atoms with E-state index in [-0.39, 0.29) is 23.5 Å². The topological polar surface area (TPSA) is 50.4 Å². The van der Waals surface area contributed by atoms with Crippen molar-refractivity contribution in [2.45, 2.75) is 38.3 Å². The van der Waals surface area contributed by atoms with Gasteiger partial charge in [-0.2, -0.15) is 0 Å². The van der Waals surface area contributed by atoms with Crippen molar-refractivity contribution in [3.63, 3.8) is 0 Å². The van der Waals surface area contributed by atoms with Gasteiger partial charge in [0.15, 0.2) is 11.6 Å². The minimum atomic E-state index is -0.368. The molecule has 1 aromatic rings. The Balaban J connectivity index is 1.78. The normalized spacial score (nSPS) is 15.8. The quantitative estimate of drug-likeness (QED) is 0.804. The third-order valence-electron chi connectivity index (χ3n) is 3.42. The molecule has 4 nitrogen and oxygen atoms in total. The third-order valence-corrected chi connectivity index (χ3v) is 3.42. The minimum absolute atomic E-state index is 0.0400. The van der Waals surface area contributed by atoms with Crippen LogP contribution in [0.25, 0.3) is 0 Å². The van der Waals surface area contributed by atoms with Crippen molar-refractivity contribution in [1.29, 1.82) is 0 Å². The molecule has 1 atom stereocenters. The summed E-state index contributed by atoms with van der Waals surface area (Å²) in [5, 5.41) is 6.20. The number of benzene rings is 1. The molecule has 1 fully saturated rings. The lowest BCUT2D eigenvalue weighted by molar-refractivity contribution is -0.121. The van der Waals surface area contributed by atoms with Gasteiger partial charge in [0, 0.05) is 25.0 Å². The average molecular weight is 280 g/mol. The van der Waals surface area contributed by atoms with Crippen molar-refractivity contribution in [2.24, 2.45) is 0 Å². The van der Waals surface area contributed by atoms with E-state index in [1.807, 2.05) is 6.92 Å². The van der Waals surface area contributed by atoms with E-state index in [0.717, 1.165) is 18.4 Å². The zero-order valence-electron chi connectivity index (χ0n) is 11.9. The standard InChI is InChI=1S/C15H21FN2O2/c1-10(11-3-6-13(16)14(9-11)20-2)17-8-7-15(19)18-12-4-5-12/h3,6,9-10,12,17H,4-5,7-8H2,1-2H3,(H,18,19). The fourth-order valence-corrected chi connectivity index (χ4v) is 1.99. The molecule has 1 saturated carbocycles. The molecule has 0 radical (unpaired) electrons. The van der Waals surface area contributed by atoms with E-state index in [2.05, 4.69) is 10.6 Å². The van der Waals surface area contributed by atoms with Crippen LogP contribution in [0, 0.1) is 5.82 Å². The molecule has 110 valence electrons. The third kappa shape index (κ3) is 4.20. The van der Waals surface area contributed by atoms with Gasteiger partial charge in [0.2, 0.25) is 5.91 Å². The molecule has 1 amide bonds. The summed E-state index contributed by atoms with van der Waals surface area (Å²) in [6, 6.07) is 5.24. The number of ether oxygens (including phenoxy) is 1. The van der Waals surface area contributed by atoms with E-state index in [0.29, 0.717) is 19.0 Å². The molecule has 0 aliphatic heterocycles. The summed E-state index contributed by atoms with van der Waals surface area (Å²) in [7, 11) is 1.45. The lowest BCUT2D eigenvalue weighted by Gasteiger charge is -2.15. The van der Waals surface area contributed by atoms with Crippen molar-refractivity contribution in [2.75, 3.05) is 13.7 Å². The highest BCUT2D eigenvalue weighted by Gasteiger charge is 2.22. The van der Waals surface area contributed by atoms with Crippen LogP contribution in [0.15, 0.2) is 18.2 Å². The molecule has 2 rings (SSSR count). The number of carbonyl (C=O) groups excluding carboxylic acids is 1. The molecule has 1 aliphatic rings. The van der Waals surface area contributed by atoms with Crippen LogP contribution >= 0.6 is 0 Å². The van der Waals surface area contributed by atoms with Crippen molar-refractivity contribution in [3.8, 4) is 5.75 Å². The highest BCUT2D eigenvalue weighted by molar-refractivity contribution is 5.76.